The summed E-state index contributed by atoms with van der Waals surface area (Å²) in [6.07, 6.45) is 2.39. The van der Waals surface area contributed by atoms with Crippen molar-refractivity contribution in [2.45, 2.75) is 44.0 Å². The molecule has 0 radical (unpaired) electrons. The summed E-state index contributed by atoms with van der Waals surface area (Å²) in [6.45, 7) is 8.60. The smallest absolute Gasteiger partial charge is 0.242 e. The summed E-state index contributed by atoms with van der Waals surface area (Å²) in [5.41, 5.74) is 2.53. The normalized spacial score (nSPS) is 17.0. The fraction of sp³-hybridized carbons (Fsp3) is 0.750. The number of hydrazine groups is 1. The molecule has 106 valence electrons. The molecule has 2 heterocycles. The molecule has 0 saturated carbocycles. The minimum absolute atomic E-state index is 0.440. The molecule has 19 heavy (non-hydrogen) atoms. The van der Waals surface area contributed by atoms with Gasteiger partial charge in [-0.1, -0.05) is 32.5 Å². The van der Waals surface area contributed by atoms with Gasteiger partial charge in [0.15, 0.2) is 5.16 Å². The van der Waals surface area contributed by atoms with Crippen molar-refractivity contribution in [3.63, 3.8) is 0 Å². The minimum Gasteiger partial charge on any atom is -0.341 e. The van der Waals surface area contributed by atoms with E-state index >= 15 is 0 Å². The number of nitrogens with two attached hydrogens (primary N) is 1. The van der Waals surface area contributed by atoms with Gasteiger partial charge < -0.3 is 4.90 Å². The molecule has 0 amide bonds. The summed E-state index contributed by atoms with van der Waals surface area (Å²) in [5, 5.41) is 1.20. The van der Waals surface area contributed by atoms with E-state index in [0.29, 0.717) is 17.1 Å². The van der Waals surface area contributed by atoms with Crippen molar-refractivity contribution in [2.75, 3.05) is 23.4 Å². The van der Waals surface area contributed by atoms with Crippen molar-refractivity contribution >= 4 is 23.7 Å². The van der Waals surface area contributed by atoms with Gasteiger partial charge in [-0.05, 0) is 18.8 Å². The van der Waals surface area contributed by atoms with Crippen LogP contribution in [-0.2, 0) is 0 Å². The Morgan fingerprint density at radius 3 is 2.42 bits per heavy atom. The van der Waals surface area contributed by atoms with Crippen LogP contribution in [-0.4, -0.2) is 33.3 Å². The highest BCUT2D eigenvalue weighted by atomic mass is 32.2. The highest BCUT2D eigenvalue weighted by Crippen LogP contribution is 2.27. The predicted octanol–water partition coefficient (Wildman–Crippen LogP) is 1.89. The third-order valence-corrected chi connectivity index (χ3v) is 4.66. The van der Waals surface area contributed by atoms with E-state index in [1.165, 1.54) is 12.8 Å². The molecule has 0 bridgehead atoms. The van der Waals surface area contributed by atoms with Crippen LogP contribution in [0, 0.1) is 5.92 Å². The number of hydrogen-bond acceptors (Lipinski definition) is 7. The van der Waals surface area contributed by atoms with Crippen LogP contribution in [0.25, 0.3) is 0 Å². The maximum Gasteiger partial charge on any atom is 0.242 e. The first-order valence-electron chi connectivity index (χ1n) is 6.74. The van der Waals surface area contributed by atoms with Crippen LogP contribution in [0.2, 0.25) is 0 Å². The van der Waals surface area contributed by atoms with Gasteiger partial charge in [0.25, 0.3) is 0 Å². The number of nitrogens with one attached hydrogen (secondary N) is 1. The Labute approximate surface area is 118 Å². The van der Waals surface area contributed by atoms with E-state index in [4.69, 9.17) is 5.84 Å². The Morgan fingerprint density at radius 2 is 1.84 bits per heavy atom. The number of nitrogens with zero attached hydrogens (tertiary/aromatic N) is 4. The number of nitrogen functional groups attached to an aromatic ring is 1. The van der Waals surface area contributed by atoms with Crippen LogP contribution < -0.4 is 16.2 Å². The van der Waals surface area contributed by atoms with Crippen LogP contribution >= 0.6 is 11.8 Å². The number of thioether (sulfide) groups is 1. The lowest BCUT2D eigenvalue weighted by atomic mass is 10.2. The average Bonchev–Trinajstić information content (AvgIpc) is 2.92. The van der Waals surface area contributed by atoms with E-state index in [1.807, 2.05) is 0 Å². The summed E-state index contributed by atoms with van der Waals surface area (Å²) in [6, 6.07) is 0. The summed E-state index contributed by atoms with van der Waals surface area (Å²) in [7, 11) is 0. The molecule has 0 aromatic carbocycles. The predicted molar refractivity (Wildman–Crippen MR) is 79.2 cm³/mol. The first-order valence-corrected chi connectivity index (χ1v) is 7.62. The van der Waals surface area contributed by atoms with E-state index in [2.05, 4.69) is 46.0 Å². The van der Waals surface area contributed by atoms with Crippen molar-refractivity contribution in [1.29, 1.82) is 0 Å². The molecular weight excluding hydrogens is 260 g/mol. The molecule has 1 aromatic heterocycles. The molecule has 6 nitrogen and oxygen atoms in total. The summed E-state index contributed by atoms with van der Waals surface area (Å²) in [5.74, 6) is 7.20. The topological polar surface area (TPSA) is 80.0 Å². The summed E-state index contributed by atoms with van der Waals surface area (Å²) < 4.78 is 0. The second-order valence-electron chi connectivity index (χ2n) is 5.15. The van der Waals surface area contributed by atoms with Gasteiger partial charge in [0, 0.05) is 18.3 Å². The van der Waals surface area contributed by atoms with Crippen molar-refractivity contribution < 1.29 is 0 Å². The molecule has 7 heteroatoms. The molecule has 2 rings (SSSR count). The lowest BCUT2D eigenvalue weighted by Crippen LogP contribution is -2.23. The SMILES string of the molecule is CC(C)C(C)Sc1nc(NN)nc(N2CCCC2)n1. The van der Waals surface area contributed by atoms with Crippen LogP contribution in [0.5, 0.6) is 0 Å². The van der Waals surface area contributed by atoms with E-state index in [9.17, 15) is 0 Å². The van der Waals surface area contributed by atoms with Crippen LogP contribution in [0.1, 0.15) is 33.6 Å². The first-order chi connectivity index (χ1) is 9.10. The fourth-order valence-electron chi connectivity index (χ4n) is 1.82. The number of anilines is 2. The maximum atomic E-state index is 5.45. The van der Waals surface area contributed by atoms with Gasteiger partial charge in [-0.25, -0.2) is 5.84 Å². The molecule has 3 N–H and O–H groups in total. The lowest BCUT2D eigenvalue weighted by Gasteiger charge is -2.18. The number of aromatic nitrogens is 3. The van der Waals surface area contributed by atoms with Gasteiger partial charge in [0.2, 0.25) is 11.9 Å². The molecular formula is C12H22N6S. The zero-order valence-corrected chi connectivity index (χ0v) is 12.6. The fourth-order valence-corrected chi connectivity index (χ4v) is 2.70. The zero-order valence-electron chi connectivity index (χ0n) is 11.8. The largest absolute Gasteiger partial charge is 0.341 e. The molecule has 1 aliphatic rings. The molecule has 0 aliphatic carbocycles. The molecule has 1 fully saturated rings. The monoisotopic (exact) mass is 282 g/mol. The first kappa shape index (κ1) is 14.3. The molecule has 1 aromatic rings. The van der Waals surface area contributed by atoms with Crippen LogP contribution in [0.15, 0.2) is 5.16 Å². The quantitative estimate of drug-likeness (QED) is 0.485. The Bertz CT molecular complexity index is 419. The molecule has 1 unspecified atom stereocenters. The van der Waals surface area contributed by atoms with Gasteiger partial charge in [0.1, 0.15) is 0 Å². The lowest BCUT2D eigenvalue weighted by molar-refractivity contribution is 0.639. The third-order valence-electron chi connectivity index (χ3n) is 3.35. The zero-order chi connectivity index (χ0) is 13.8. The Balaban J connectivity index is 2.20. The summed E-state index contributed by atoms with van der Waals surface area (Å²) in [4.78, 5) is 15.4. The molecule has 1 saturated heterocycles. The van der Waals surface area contributed by atoms with Gasteiger partial charge >= 0.3 is 0 Å². The molecule has 0 spiro atoms. The maximum absolute atomic E-state index is 5.45. The minimum atomic E-state index is 0.440. The van der Waals surface area contributed by atoms with E-state index in [0.717, 1.165) is 24.2 Å². The van der Waals surface area contributed by atoms with E-state index in [1.54, 1.807) is 11.8 Å². The number of rotatable bonds is 5. The van der Waals surface area contributed by atoms with Crippen molar-refractivity contribution in [2.24, 2.45) is 11.8 Å². The third kappa shape index (κ3) is 3.70. The highest BCUT2D eigenvalue weighted by molar-refractivity contribution is 7.99. The number of hydrogen-bond donors (Lipinski definition) is 2. The van der Waals surface area contributed by atoms with Crippen LogP contribution in [0.4, 0.5) is 11.9 Å². The van der Waals surface area contributed by atoms with Crippen molar-refractivity contribution in [3.05, 3.63) is 0 Å². The van der Waals surface area contributed by atoms with Gasteiger partial charge in [-0.15, -0.1) is 0 Å². The Kier molecular flexibility index (Phi) is 4.81. The molecule has 1 aliphatic heterocycles. The average molecular weight is 282 g/mol. The van der Waals surface area contributed by atoms with Crippen molar-refractivity contribution in [3.8, 4) is 0 Å². The van der Waals surface area contributed by atoms with Crippen molar-refractivity contribution in [1.82, 2.24) is 15.0 Å². The second kappa shape index (κ2) is 6.38. The van der Waals surface area contributed by atoms with Crippen LogP contribution in [0.3, 0.4) is 0 Å². The molecule has 1 atom stereocenters. The van der Waals surface area contributed by atoms with Gasteiger partial charge in [-0.3, -0.25) is 5.43 Å². The second-order valence-corrected chi connectivity index (χ2v) is 6.49. The van der Waals surface area contributed by atoms with E-state index < -0.39 is 0 Å². The Morgan fingerprint density at radius 1 is 1.16 bits per heavy atom. The highest BCUT2D eigenvalue weighted by Gasteiger charge is 2.19. The van der Waals surface area contributed by atoms with E-state index in [-0.39, 0.29) is 0 Å². The van der Waals surface area contributed by atoms with Gasteiger partial charge in [0.05, 0.1) is 0 Å². The van der Waals surface area contributed by atoms with Gasteiger partial charge in [-0.2, -0.15) is 15.0 Å². The Hall–Kier alpha value is -1.08. The standard InChI is InChI=1S/C12H22N6S/c1-8(2)9(3)19-12-15-10(17-13)14-11(16-12)18-6-4-5-7-18/h8-9H,4-7,13H2,1-3H3,(H,14,15,16,17). The summed E-state index contributed by atoms with van der Waals surface area (Å²) >= 11 is 1.67.